The first-order valence-corrected chi connectivity index (χ1v) is 12.6. The maximum absolute atomic E-state index is 12.6. The molecule has 1 aromatic carbocycles. The smallest absolute Gasteiger partial charge is 0.414 e. The molecule has 0 unspecified atom stereocenters. The van der Waals surface area contributed by atoms with Gasteiger partial charge in [0.15, 0.2) is 0 Å². The number of amides is 2. The first-order valence-electron chi connectivity index (χ1n) is 12.6. The third-order valence-electron chi connectivity index (χ3n) is 7.05. The zero-order valence-corrected chi connectivity index (χ0v) is 22.3. The Morgan fingerprint density at radius 3 is 2.62 bits per heavy atom. The number of carbonyl (C=O) groups excluding carboxylic acids is 2. The fraction of sp³-hybridized carbons (Fsp3) is 0.481. The molecule has 1 aliphatic heterocycles. The number of benzene rings is 1. The molecule has 10 heteroatoms. The average molecular weight is 509 g/mol. The second kappa shape index (κ2) is 11.2. The van der Waals surface area contributed by atoms with Gasteiger partial charge in [0.2, 0.25) is 5.91 Å². The van der Waals surface area contributed by atoms with E-state index in [2.05, 4.69) is 4.57 Å². The van der Waals surface area contributed by atoms with Crippen molar-refractivity contribution in [2.45, 2.75) is 45.3 Å². The number of imidazole rings is 1. The average Bonchev–Trinajstić information content (AvgIpc) is 3.23. The fourth-order valence-electron chi connectivity index (χ4n) is 4.88. The monoisotopic (exact) mass is 508 g/mol. The number of likely N-dealkylation sites (N-methyl/N-ethyl adjacent to an activating group) is 2. The van der Waals surface area contributed by atoms with Gasteiger partial charge in [-0.3, -0.25) is 19.4 Å². The normalized spacial score (nSPS) is 15.2. The Kier molecular flexibility index (Phi) is 7.97. The van der Waals surface area contributed by atoms with E-state index >= 15 is 0 Å². The molecule has 4 rings (SSSR count). The molecule has 0 spiro atoms. The molecule has 0 fully saturated rings. The number of ether oxygens (including phenoxy) is 1. The SMILES string of the molecule is COC(=O)N1c2ccc3c(nc(CCn4ccccc4=O)n3CCN(C)CC(=O)N(C)C)c2CC[C@@H]1C. The van der Waals surface area contributed by atoms with Crippen LogP contribution in [0.15, 0.2) is 41.3 Å². The van der Waals surface area contributed by atoms with E-state index in [0.29, 0.717) is 32.6 Å². The van der Waals surface area contributed by atoms with Crippen molar-refractivity contribution in [1.29, 1.82) is 0 Å². The van der Waals surface area contributed by atoms with Gasteiger partial charge in [-0.1, -0.05) is 6.07 Å². The second-order valence-electron chi connectivity index (χ2n) is 9.85. The van der Waals surface area contributed by atoms with Gasteiger partial charge in [-0.05, 0) is 45.0 Å². The quantitative estimate of drug-likeness (QED) is 0.464. The van der Waals surface area contributed by atoms with Gasteiger partial charge in [-0.15, -0.1) is 0 Å². The van der Waals surface area contributed by atoms with Crippen LogP contribution in [0.5, 0.6) is 0 Å². The van der Waals surface area contributed by atoms with Crippen LogP contribution < -0.4 is 10.5 Å². The summed E-state index contributed by atoms with van der Waals surface area (Å²) in [7, 11) is 6.84. The van der Waals surface area contributed by atoms with E-state index in [1.165, 1.54) is 7.11 Å². The molecule has 37 heavy (non-hydrogen) atoms. The molecule has 0 saturated heterocycles. The highest BCUT2D eigenvalue weighted by Crippen LogP contribution is 2.36. The number of carbonyl (C=O) groups is 2. The van der Waals surface area contributed by atoms with Crippen LogP contribution in [0.3, 0.4) is 0 Å². The molecular weight excluding hydrogens is 472 g/mol. The van der Waals surface area contributed by atoms with Crippen LogP contribution in [0.25, 0.3) is 11.0 Å². The van der Waals surface area contributed by atoms with Crippen molar-refractivity contribution >= 4 is 28.7 Å². The van der Waals surface area contributed by atoms with Gasteiger partial charge in [-0.2, -0.15) is 0 Å². The number of aryl methyl sites for hydroxylation is 3. The highest BCUT2D eigenvalue weighted by atomic mass is 16.5. The highest BCUT2D eigenvalue weighted by Gasteiger charge is 2.31. The van der Waals surface area contributed by atoms with E-state index in [1.54, 1.807) is 46.8 Å². The molecule has 3 aromatic rings. The fourth-order valence-corrected chi connectivity index (χ4v) is 4.88. The lowest BCUT2D eigenvalue weighted by molar-refractivity contribution is -0.129. The zero-order chi connectivity index (χ0) is 26.7. The lowest BCUT2D eigenvalue weighted by atomic mass is 9.96. The topological polar surface area (TPSA) is 92.9 Å². The molecule has 1 aliphatic rings. The molecule has 0 saturated carbocycles. The zero-order valence-electron chi connectivity index (χ0n) is 22.3. The van der Waals surface area contributed by atoms with Crippen LogP contribution in [0.2, 0.25) is 0 Å². The van der Waals surface area contributed by atoms with Crippen molar-refractivity contribution in [3.63, 3.8) is 0 Å². The molecule has 10 nitrogen and oxygen atoms in total. The van der Waals surface area contributed by atoms with Crippen molar-refractivity contribution < 1.29 is 14.3 Å². The molecule has 3 heterocycles. The van der Waals surface area contributed by atoms with Gasteiger partial charge in [0, 0.05) is 64.0 Å². The third kappa shape index (κ3) is 5.53. The Hall–Kier alpha value is -3.66. The number of rotatable bonds is 8. The summed E-state index contributed by atoms with van der Waals surface area (Å²) in [6, 6.07) is 9.16. The van der Waals surface area contributed by atoms with Crippen molar-refractivity contribution in [3.8, 4) is 0 Å². The van der Waals surface area contributed by atoms with Crippen LogP contribution in [-0.2, 0) is 35.5 Å². The van der Waals surface area contributed by atoms with Crippen molar-refractivity contribution in [1.82, 2.24) is 23.9 Å². The minimum atomic E-state index is -0.372. The van der Waals surface area contributed by atoms with E-state index in [1.807, 2.05) is 37.1 Å². The van der Waals surface area contributed by atoms with E-state index in [9.17, 15) is 14.4 Å². The van der Waals surface area contributed by atoms with Crippen LogP contribution >= 0.6 is 0 Å². The molecule has 0 radical (unpaired) electrons. The van der Waals surface area contributed by atoms with Gasteiger partial charge in [0.25, 0.3) is 5.56 Å². The molecule has 2 amide bonds. The summed E-state index contributed by atoms with van der Waals surface area (Å²) in [5, 5.41) is 0. The first-order chi connectivity index (χ1) is 17.7. The van der Waals surface area contributed by atoms with E-state index in [-0.39, 0.29) is 23.6 Å². The van der Waals surface area contributed by atoms with Gasteiger partial charge in [-0.25, -0.2) is 9.78 Å². The van der Waals surface area contributed by atoms with E-state index in [4.69, 9.17) is 9.72 Å². The van der Waals surface area contributed by atoms with Gasteiger partial charge < -0.3 is 18.8 Å². The Labute approximate surface area is 217 Å². The number of aromatic nitrogens is 3. The van der Waals surface area contributed by atoms with Crippen LogP contribution in [0.1, 0.15) is 24.7 Å². The summed E-state index contributed by atoms with van der Waals surface area (Å²) in [5.41, 5.74) is 3.69. The second-order valence-corrected chi connectivity index (χ2v) is 9.85. The van der Waals surface area contributed by atoms with E-state index < -0.39 is 0 Å². The van der Waals surface area contributed by atoms with E-state index in [0.717, 1.165) is 41.0 Å². The third-order valence-corrected chi connectivity index (χ3v) is 7.05. The van der Waals surface area contributed by atoms with Crippen LogP contribution in [0.4, 0.5) is 10.5 Å². The lowest BCUT2D eigenvalue weighted by Crippen LogP contribution is -2.42. The van der Waals surface area contributed by atoms with Gasteiger partial charge >= 0.3 is 6.09 Å². The van der Waals surface area contributed by atoms with Crippen molar-refractivity contribution in [2.75, 3.05) is 46.2 Å². The molecule has 0 N–H and O–H groups in total. The molecular formula is C27H36N6O4. The van der Waals surface area contributed by atoms with Gasteiger partial charge in [0.1, 0.15) is 5.82 Å². The number of pyridine rings is 1. The maximum Gasteiger partial charge on any atom is 0.414 e. The Bertz CT molecular complexity index is 1340. The molecule has 1 atom stereocenters. The summed E-state index contributed by atoms with van der Waals surface area (Å²) in [6.45, 7) is 4.16. The minimum Gasteiger partial charge on any atom is -0.452 e. The summed E-state index contributed by atoms with van der Waals surface area (Å²) >= 11 is 0. The molecule has 198 valence electrons. The van der Waals surface area contributed by atoms with Crippen LogP contribution in [0, 0.1) is 0 Å². The number of hydrogen-bond acceptors (Lipinski definition) is 6. The summed E-state index contributed by atoms with van der Waals surface area (Å²) in [5.74, 6) is 0.919. The highest BCUT2D eigenvalue weighted by molar-refractivity contribution is 5.95. The Morgan fingerprint density at radius 1 is 1.14 bits per heavy atom. The lowest BCUT2D eigenvalue weighted by Gasteiger charge is -2.34. The number of fused-ring (bicyclic) bond motifs is 3. The van der Waals surface area contributed by atoms with Crippen LogP contribution in [-0.4, -0.2) is 83.3 Å². The summed E-state index contributed by atoms with van der Waals surface area (Å²) in [6.07, 6.45) is 3.62. The number of nitrogens with zero attached hydrogens (tertiary/aromatic N) is 6. The van der Waals surface area contributed by atoms with Crippen molar-refractivity contribution in [2.24, 2.45) is 0 Å². The summed E-state index contributed by atoms with van der Waals surface area (Å²) in [4.78, 5) is 47.4. The predicted octanol–water partition coefficient (Wildman–Crippen LogP) is 2.37. The Balaban J connectivity index is 1.70. The molecule has 0 bridgehead atoms. The number of anilines is 1. The number of hydrogen-bond donors (Lipinski definition) is 0. The summed E-state index contributed by atoms with van der Waals surface area (Å²) < 4.78 is 8.93. The Morgan fingerprint density at radius 2 is 1.92 bits per heavy atom. The largest absolute Gasteiger partial charge is 0.452 e. The van der Waals surface area contributed by atoms with Gasteiger partial charge in [0.05, 0.1) is 30.4 Å². The maximum atomic E-state index is 12.6. The standard InChI is InChI=1S/C27H36N6O4/c1-19-9-10-20-21(33(19)27(36)37-5)11-12-22-26(20)28-23(13-15-31-14-7-6-8-24(31)34)32(22)17-16-30(4)18-25(35)29(2)3/h6-8,11-12,14,19H,9-10,13,15-18H2,1-5H3/t19-/m0/s1. The van der Waals surface area contributed by atoms with Crippen molar-refractivity contribution in [3.05, 3.63) is 58.3 Å². The minimum absolute atomic E-state index is 0.0341. The number of methoxy groups -OCH3 is 1. The predicted molar refractivity (Wildman–Crippen MR) is 143 cm³/mol. The first kappa shape index (κ1) is 26.4. The molecule has 0 aliphatic carbocycles. The molecule has 2 aromatic heterocycles.